The predicted molar refractivity (Wildman–Crippen MR) is 58.7 cm³/mol. The zero-order chi connectivity index (χ0) is 11.4. The van der Waals surface area contributed by atoms with Gasteiger partial charge in [-0.05, 0) is 18.2 Å². The number of aromatic amines is 1. The molecule has 78 valence electrons. The van der Waals surface area contributed by atoms with Crippen molar-refractivity contribution < 1.29 is 4.79 Å². The van der Waals surface area contributed by atoms with Crippen LogP contribution in [0.4, 0.5) is 5.69 Å². The number of rotatable bonds is 2. The van der Waals surface area contributed by atoms with Gasteiger partial charge < -0.3 is 5.32 Å². The third kappa shape index (κ3) is 2.07. The lowest BCUT2D eigenvalue weighted by Gasteiger charge is -2.02. The molecule has 16 heavy (non-hydrogen) atoms. The third-order valence-electron chi connectivity index (χ3n) is 1.92. The first kappa shape index (κ1) is 9.93. The minimum absolute atomic E-state index is 0.158. The fourth-order valence-corrected chi connectivity index (χ4v) is 1.19. The van der Waals surface area contributed by atoms with Crippen LogP contribution in [0, 0.1) is 12.3 Å². The Morgan fingerprint density at radius 1 is 1.50 bits per heavy atom. The zero-order valence-corrected chi connectivity index (χ0v) is 8.27. The smallest absolute Gasteiger partial charge is 0.292 e. The summed E-state index contributed by atoms with van der Waals surface area (Å²) in [6.07, 6.45) is 6.52. The Bertz CT molecular complexity index is 539. The van der Waals surface area contributed by atoms with Crippen LogP contribution in [0.5, 0.6) is 0 Å². The van der Waals surface area contributed by atoms with E-state index in [0.717, 1.165) is 0 Å². The highest BCUT2D eigenvalue weighted by Crippen LogP contribution is 2.10. The van der Waals surface area contributed by atoms with Crippen LogP contribution in [-0.2, 0) is 0 Å². The van der Waals surface area contributed by atoms with Crippen molar-refractivity contribution in [3.63, 3.8) is 0 Å². The first-order valence-corrected chi connectivity index (χ1v) is 4.53. The van der Waals surface area contributed by atoms with Crippen molar-refractivity contribution in [2.75, 3.05) is 5.32 Å². The predicted octanol–water partition coefficient (Wildman–Crippen LogP) is 1.04. The van der Waals surface area contributed by atoms with Crippen LogP contribution < -0.4 is 5.32 Å². The lowest BCUT2D eigenvalue weighted by atomic mass is 10.2. The maximum absolute atomic E-state index is 11.6. The molecule has 0 bridgehead atoms. The number of benzene rings is 1. The molecule has 5 nitrogen and oxygen atoms in total. The summed E-state index contributed by atoms with van der Waals surface area (Å²) in [5.74, 6) is 2.29. The molecule has 0 aliphatic heterocycles. The third-order valence-corrected chi connectivity index (χ3v) is 1.92. The van der Waals surface area contributed by atoms with Crippen molar-refractivity contribution in [3.8, 4) is 12.3 Å². The summed E-state index contributed by atoms with van der Waals surface area (Å²) in [5, 5.41) is 8.71. The second-order valence-electron chi connectivity index (χ2n) is 3.01. The molecule has 0 aliphatic carbocycles. The Morgan fingerprint density at radius 3 is 3.06 bits per heavy atom. The van der Waals surface area contributed by atoms with Crippen molar-refractivity contribution in [1.29, 1.82) is 0 Å². The lowest BCUT2D eigenvalue weighted by molar-refractivity contribution is 0.101. The van der Waals surface area contributed by atoms with Gasteiger partial charge in [0.2, 0.25) is 5.82 Å². The fraction of sp³-hybridized carbons (Fsp3) is 0. The summed E-state index contributed by atoms with van der Waals surface area (Å²) < 4.78 is 0. The molecule has 0 fully saturated rings. The molecule has 2 rings (SSSR count). The second-order valence-corrected chi connectivity index (χ2v) is 3.01. The summed E-state index contributed by atoms with van der Waals surface area (Å²) in [7, 11) is 0. The maximum atomic E-state index is 11.6. The molecule has 0 saturated carbocycles. The number of aromatic nitrogens is 3. The molecule has 1 aromatic heterocycles. The Kier molecular flexibility index (Phi) is 2.65. The maximum Gasteiger partial charge on any atom is 0.292 e. The topological polar surface area (TPSA) is 70.7 Å². The summed E-state index contributed by atoms with van der Waals surface area (Å²) in [6, 6.07) is 7.00. The molecule has 0 atom stereocenters. The number of nitrogens with one attached hydrogen (secondary N) is 2. The highest BCUT2D eigenvalue weighted by atomic mass is 16.2. The largest absolute Gasteiger partial charge is 0.319 e. The number of nitrogens with zero attached hydrogens (tertiary/aromatic N) is 2. The van der Waals surface area contributed by atoms with Crippen molar-refractivity contribution in [2.24, 2.45) is 0 Å². The Balaban J connectivity index is 2.16. The van der Waals surface area contributed by atoms with Crippen LogP contribution in [0.2, 0.25) is 0 Å². The average molecular weight is 212 g/mol. The monoisotopic (exact) mass is 212 g/mol. The molecule has 0 saturated heterocycles. The van der Waals surface area contributed by atoms with Gasteiger partial charge >= 0.3 is 0 Å². The molecular formula is C11H8N4O. The van der Waals surface area contributed by atoms with E-state index in [1.807, 2.05) is 0 Å². The van der Waals surface area contributed by atoms with E-state index in [0.29, 0.717) is 11.3 Å². The van der Waals surface area contributed by atoms with Crippen LogP contribution in [0.1, 0.15) is 16.2 Å². The van der Waals surface area contributed by atoms with Crippen molar-refractivity contribution in [1.82, 2.24) is 15.2 Å². The SMILES string of the molecule is C#Cc1cccc(NC(=O)c2ncn[nH]2)c1. The zero-order valence-electron chi connectivity index (χ0n) is 8.27. The molecule has 1 aromatic carbocycles. The van der Waals surface area contributed by atoms with Crippen molar-refractivity contribution >= 4 is 11.6 Å². The number of terminal acetylenes is 1. The quantitative estimate of drug-likeness (QED) is 0.730. The minimum atomic E-state index is -0.355. The number of carbonyl (C=O) groups excluding carboxylic acids is 1. The normalized spacial score (nSPS) is 9.44. The lowest BCUT2D eigenvalue weighted by Crippen LogP contribution is -2.13. The molecule has 1 amide bonds. The van der Waals surface area contributed by atoms with E-state index in [1.165, 1.54) is 6.33 Å². The Hall–Kier alpha value is -2.61. The van der Waals surface area contributed by atoms with E-state index in [1.54, 1.807) is 24.3 Å². The first-order chi connectivity index (χ1) is 7.79. The van der Waals surface area contributed by atoms with Gasteiger partial charge in [0.15, 0.2) is 0 Å². The van der Waals surface area contributed by atoms with E-state index in [9.17, 15) is 4.79 Å². The van der Waals surface area contributed by atoms with Gasteiger partial charge in [0, 0.05) is 11.3 Å². The van der Waals surface area contributed by atoms with Crippen LogP contribution in [0.15, 0.2) is 30.6 Å². The van der Waals surface area contributed by atoms with Gasteiger partial charge in [0.05, 0.1) is 0 Å². The standard InChI is InChI=1S/C11H8N4O/c1-2-8-4-3-5-9(6-8)14-11(16)10-12-7-13-15-10/h1,3-7H,(H,14,16)(H,12,13,15). The molecule has 1 heterocycles. The number of hydrogen-bond acceptors (Lipinski definition) is 3. The molecule has 0 spiro atoms. The van der Waals surface area contributed by atoms with Crippen LogP contribution in [0.25, 0.3) is 0 Å². The Labute approximate surface area is 91.9 Å². The minimum Gasteiger partial charge on any atom is -0.319 e. The summed E-state index contributed by atoms with van der Waals surface area (Å²) >= 11 is 0. The molecular weight excluding hydrogens is 204 g/mol. The van der Waals surface area contributed by atoms with Crippen molar-refractivity contribution in [2.45, 2.75) is 0 Å². The van der Waals surface area contributed by atoms with Crippen LogP contribution in [0.3, 0.4) is 0 Å². The molecule has 0 radical (unpaired) electrons. The first-order valence-electron chi connectivity index (χ1n) is 4.53. The summed E-state index contributed by atoms with van der Waals surface area (Å²) in [6.45, 7) is 0. The van der Waals surface area contributed by atoms with Gasteiger partial charge in [-0.15, -0.1) is 6.42 Å². The number of H-pyrrole nitrogens is 1. The van der Waals surface area contributed by atoms with Gasteiger partial charge in [0.1, 0.15) is 6.33 Å². The van der Waals surface area contributed by atoms with Gasteiger partial charge in [-0.3, -0.25) is 9.89 Å². The number of amides is 1. The van der Waals surface area contributed by atoms with Gasteiger partial charge in [-0.1, -0.05) is 12.0 Å². The fourth-order valence-electron chi connectivity index (χ4n) is 1.19. The summed E-state index contributed by atoms with van der Waals surface area (Å²) in [4.78, 5) is 15.3. The Morgan fingerprint density at radius 2 is 2.38 bits per heavy atom. The number of anilines is 1. The van der Waals surface area contributed by atoms with Gasteiger partial charge in [-0.2, -0.15) is 5.10 Å². The second kappa shape index (κ2) is 4.28. The van der Waals surface area contributed by atoms with Crippen molar-refractivity contribution in [3.05, 3.63) is 42.0 Å². The molecule has 0 aliphatic rings. The number of carbonyl (C=O) groups is 1. The number of hydrogen-bond donors (Lipinski definition) is 2. The van der Waals surface area contributed by atoms with Gasteiger partial charge in [0.25, 0.3) is 5.91 Å². The highest BCUT2D eigenvalue weighted by molar-refractivity contribution is 6.01. The van der Waals surface area contributed by atoms with E-state index < -0.39 is 0 Å². The molecule has 0 unspecified atom stereocenters. The molecule has 5 heteroatoms. The van der Waals surface area contributed by atoms with Gasteiger partial charge in [-0.25, -0.2) is 4.98 Å². The van der Waals surface area contributed by atoms with E-state index >= 15 is 0 Å². The van der Waals surface area contributed by atoms with E-state index in [2.05, 4.69) is 26.4 Å². The molecule has 2 N–H and O–H groups in total. The van der Waals surface area contributed by atoms with Crippen LogP contribution >= 0.6 is 0 Å². The molecule has 2 aromatic rings. The van der Waals surface area contributed by atoms with Crippen LogP contribution in [-0.4, -0.2) is 21.1 Å². The van der Waals surface area contributed by atoms with E-state index in [4.69, 9.17) is 6.42 Å². The van der Waals surface area contributed by atoms with E-state index in [-0.39, 0.29) is 11.7 Å². The summed E-state index contributed by atoms with van der Waals surface area (Å²) in [5.41, 5.74) is 1.33. The average Bonchev–Trinajstić information content (AvgIpc) is 2.83. The highest BCUT2D eigenvalue weighted by Gasteiger charge is 2.08.